The summed E-state index contributed by atoms with van der Waals surface area (Å²) >= 11 is 0. The fourth-order valence-corrected chi connectivity index (χ4v) is 2.98. The number of methoxy groups -OCH3 is 1. The van der Waals surface area contributed by atoms with Gasteiger partial charge in [0.2, 0.25) is 0 Å². The van der Waals surface area contributed by atoms with E-state index in [0.29, 0.717) is 17.1 Å². The van der Waals surface area contributed by atoms with Crippen LogP contribution in [-0.2, 0) is 4.74 Å². The van der Waals surface area contributed by atoms with E-state index >= 15 is 0 Å². The quantitative estimate of drug-likeness (QED) is 0.632. The lowest BCUT2D eigenvalue weighted by molar-refractivity contribution is 0.0459. The highest BCUT2D eigenvalue weighted by molar-refractivity contribution is 5.95. The Hall–Kier alpha value is -3.27. The summed E-state index contributed by atoms with van der Waals surface area (Å²) in [5.41, 5.74) is 4.29. The van der Waals surface area contributed by atoms with Crippen LogP contribution in [0.2, 0.25) is 0 Å². The molecule has 1 unspecified atom stereocenters. The third-order valence-electron chi connectivity index (χ3n) is 4.38. The molecule has 1 atom stereocenters. The zero-order valence-electron chi connectivity index (χ0n) is 14.6. The molecule has 0 amide bonds. The monoisotopic (exact) mass is 346 g/mol. The molecule has 4 nitrogen and oxygen atoms in total. The molecule has 26 heavy (non-hydrogen) atoms. The minimum atomic E-state index is -0.581. The lowest BCUT2D eigenvalue weighted by Crippen LogP contribution is -2.08. The number of carbonyl (C=O) groups excluding carboxylic acids is 1. The molecule has 3 aromatic carbocycles. The average Bonchev–Trinajstić information content (AvgIpc) is 3.12. The number of aryl methyl sites for hydroxylation is 1. The Morgan fingerprint density at radius 3 is 2.35 bits per heavy atom. The number of benzene rings is 3. The van der Waals surface area contributed by atoms with Gasteiger partial charge in [0.05, 0.1) is 7.11 Å². The van der Waals surface area contributed by atoms with E-state index in [1.807, 2.05) is 67.6 Å². The number of esters is 1. The largest absolute Gasteiger partial charge is 0.465 e. The van der Waals surface area contributed by atoms with Gasteiger partial charge in [0, 0.05) is 5.56 Å². The summed E-state index contributed by atoms with van der Waals surface area (Å²) in [5, 5.41) is 0. The van der Waals surface area contributed by atoms with E-state index in [1.54, 1.807) is 6.07 Å². The molecule has 4 rings (SSSR count). The summed E-state index contributed by atoms with van der Waals surface area (Å²) in [4.78, 5) is 12.3. The molecule has 0 aromatic heterocycles. The molecule has 3 aromatic rings. The Morgan fingerprint density at radius 2 is 1.65 bits per heavy atom. The third-order valence-corrected chi connectivity index (χ3v) is 4.38. The van der Waals surface area contributed by atoms with Crippen molar-refractivity contribution in [3.63, 3.8) is 0 Å². The molecular formula is C22H18O4. The number of ether oxygens (including phenoxy) is 3. The molecule has 1 aliphatic heterocycles. The van der Waals surface area contributed by atoms with Gasteiger partial charge in [0.1, 0.15) is 5.56 Å². The maximum absolute atomic E-state index is 12.3. The molecule has 0 radical (unpaired) electrons. The van der Waals surface area contributed by atoms with Crippen LogP contribution < -0.4 is 9.47 Å². The zero-order chi connectivity index (χ0) is 18.1. The summed E-state index contributed by atoms with van der Waals surface area (Å²) in [7, 11) is 1.36. The second kappa shape index (κ2) is 6.56. The van der Waals surface area contributed by atoms with Crippen LogP contribution in [0, 0.1) is 6.92 Å². The summed E-state index contributed by atoms with van der Waals surface area (Å²) in [6.45, 7) is 2.04. The van der Waals surface area contributed by atoms with Crippen molar-refractivity contribution in [2.45, 2.75) is 13.2 Å². The first kappa shape index (κ1) is 16.2. The van der Waals surface area contributed by atoms with Crippen LogP contribution >= 0.6 is 0 Å². The second-order valence-electron chi connectivity index (χ2n) is 6.19. The van der Waals surface area contributed by atoms with Crippen molar-refractivity contribution in [1.82, 2.24) is 0 Å². The normalized spacial score (nSPS) is 14.9. The molecule has 0 aliphatic carbocycles. The summed E-state index contributed by atoms with van der Waals surface area (Å²) in [6.07, 6.45) is -0.581. The SMILES string of the molecule is COC(=O)c1cc(-c2ccc(C)cc2)cc2c1OC(c1ccccc1)O2. The van der Waals surface area contributed by atoms with Gasteiger partial charge in [-0.25, -0.2) is 4.79 Å². The van der Waals surface area contributed by atoms with E-state index in [0.717, 1.165) is 16.7 Å². The van der Waals surface area contributed by atoms with Gasteiger partial charge in [-0.3, -0.25) is 0 Å². The molecule has 0 bridgehead atoms. The van der Waals surface area contributed by atoms with Crippen LogP contribution in [0.25, 0.3) is 11.1 Å². The van der Waals surface area contributed by atoms with Gasteiger partial charge in [-0.05, 0) is 30.2 Å². The predicted molar refractivity (Wildman–Crippen MR) is 98.4 cm³/mol. The van der Waals surface area contributed by atoms with Crippen LogP contribution in [-0.4, -0.2) is 13.1 Å². The van der Waals surface area contributed by atoms with Crippen LogP contribution in [0.5, 0.6) is 11.5 Å². The predicted octanol–water partition coefficient (Wildman–Crippen LogP) is 4.92. The molecule has 0 N–H and O–H groups in total. The van der Waals surface area contributed by atoms with Crippen molar-refractivity contribution >= 4 is 5.97 Å². The molecule has 0 spiro atoms. The molecule has 4 heteroatoms. The van der Waals surface area contributed by atoms with Gasteiger partial charge in [-0.2, -0.15) is 0 Å². The van der Waals surface area contributed by atoms with E-state index in [2.05, 4.69) is 0 Å². The maximum Gasteiger partial charge on any atom is 0.341 e. The third kappa shape index (κ3) is 2.90. The molecule has 0 saturated carbocycles. The number of hydrogen-bond donors (Lipinski definition) is 0. The first-order valence-corrected chi connectivity index (χ1v) is 8.37. The van der Waals surface area contributed by atoms with E-state index in [9.17, 15) is 4.79 Å². The highest BCUT2D eigenvalue weighted by Gasteiger charge is 2.31. The van der Waals surface area contributed by atoms with E-state index in [4.69, 9.17) is 14.2 Å². The van der Waals surface area contributed by atoms with Crippen molar-refractivity contribution in [3.8, 4) is 22.6 Å². The van der Waals surface area contributed by atoms with E-state index in [-0.39, 0.29) is 0 Å². The maximum atomic E-state index is 12.3. The Bertz CT molecular complexity index is 946. The topological polar surface area (TPSA) is 44.8 Å². The van der Waals surface area contributed by atoms with Crippen molar-refractivity contribution < 1.29 is 19.0 Å². The van der Waals surface area contributed by atoms with Gasteiger partial charge in [0.25, 0.3) is 6.29 Å². The standard InChI is InChI=1S/C22H18O4/c1-14-8-10-15(11-9-14)17-12-18(21(23)24-2)20-19(13-17)25-22(26-20)16-6-4-3-5-7-16/h3-13,22H,1-2H3. The molecule has 0 fully saturated rings. The zero-order valence-corrected chi connectivity index (χ0v) is 14.6. The Morgan fingerprint density at radius 1 is 0.923 bits per heavy atom. The van der Waals surface area contributed by atoms with Crippen molar-refractivity contribution in [2.75, 3.05) is 7.11 Å². The fraction of sp³-hybridized carbons (Fsp3) is 0.136. The average molecular weight is 346 g/mol. The summed E-state index contributed by atoms with van der Waals surface area (Å²) in [6, 6.07) is 21.4. The van der Waals surface area contributed by atoms with Crippen LogP contribution in [0.15, 0.2) is 66.7 Å². The van der Waals surface area contributed by atoms with Crippen LogP contribution in [0.3, 0.4) is 0 Å². The molecule has 1 aliphatic rings. The summed E-state index contributed by atoms with van der Waals surface area (Å²) in [5.74, 6) is 0.506. The van der Waals surface area contributed by atoms with Gasteiger partial charge < -0.3 is 14.2 Å². The lowest BCUT2D eigenvalue weighted by Gasteiger charge is -2.10. The molecule has 0 saturated heterocycles. The van der Waals surface area contributed by atoms with Crippen molar-refractivity contribution in [2.24, 2.45) is 0 Å². The van der Waals surface area contributed by atoms with Crippen LogP contribution in [0.4, 0.5) is 0 Å². The molecular weight excluding hydrogens is 328 g/mol. The Balaban J connectivity index is 1.78. The van der Waals surface area contributed by atoms with Gasteiger partial charge in [-0.1, -0.05) is 60.2 Å². The number of hydrogen-bond acceptors (Lipinski definition) is 4. The fourth-order valence-electron chi connectivity index (χ4n) is 2.98. The molecule has 1 heterocycles. The van der Waals surface area contributed by atoms with Crippen LogP contribution in [0.1, 0.15) is 27.8 Å². The van der Waals surface area contributed by atoms with Gasteiger partial charge in [0.15, 0.2) is 11.5 Å². The Kier molecular flexibility index (Phi) is 4.09. The lowest BCUT2D eigenvalue weighted by atomic mass is 10.0. The molecule has 130 valence electrons. The minimum Gasteiger partial charge on any atom is -0.465 e. The number of fused-ring (bicyclic) bond motifs is 1. The van der Waals surface area contributed by atoms with E-state index < -0.39 is 12.3 Å². The minimum absolute atomic E-state index is 0.360. The van der Waals surface area contributed by atoms with E-state index in [1.165, 1.54) is 12.7 Å². The van der Waals surface area contributed by atoms with Crippen molar-refractivity contribution in [3.05, 3.63) is 83.4 Å². The smallest absolute Gasteiger partial charge is 0.341 e. The second-order valence-corrected chi connectivity index (χ2v) is 6.19. The first-order valence-electron chi connectivity index (χ1n) is 8.37. The number of carbonyl (C=O) groups is 1. The highest BCUT2D eigenvalue weighted by atomic mass is 16.7. The summed E-state index contributed by atoms with van der Waals surface area (Å²) < 4.78 is 16.9. The Labute approximate surface area is 152 Å². The van der Waals surface area contributed by atoms with Crippen molar-refractivity contribution in [1.29, 1.82) is 0 Å². The first-order chi connectivity index (χ1) is 12.7. The number of rotatable bonds is 3. The van der Waals surface area contributed by atoms with Gasteiger partial charge >= 0.3 is 5.97 Å². The van der Waals surface area contributed by atoms with Gasteiger partial charge in [-0.15, -0.1) is 0 Å². The highest BCUT2D eigenvalue weighted by Crippen LogP contribution is 2.45.